The fourth-order valence-corrected chi connectivity index (χ4v) is 3.63. The first-order chi connectivity index (χ1) is 12.8. The molecule has 5 heteroatoms. The molecule has 136 valence electrons. The highest BCUT2D eigenvalue weighted by Gasteiger charge is 2.21. The minimum atomic E-state index is 0.116. The lowest BCUT2D eigenvalue weighted by Gasteiger charge is -2.34. The SMILES string of the molecule is CCSc1cc(C(=O)N2CCN(C/C=C/c3ccccc3)CC2)ccn1. The fraction of sp³-hybridized carbons (Fsp3) is 0.333. The highest BCUT2D eigenvalue weighted by molar-refractivity contribution is 7.99. The lowest BCUT2D eigenvalue weighted by atomic mass is 10.2. The Hall–Kier alpha value is -2.11. The van der Waals surface area contributed by atoms with E-state index in [9.17, 15) is 4.79 Å². The minimum Gasteiger partial charge on any atom is -0.336 e. The van der Waals surface area contributed by atoms with E-state index in [-0.39, 0.29) is 5.91 Å². The maximum Gasteiger partial charge on any atom is 0.254 e. The summed E-state index contributed by atoms with van der Waals surface area (Å²) >= 11 is 1.66. The summed E-state index contributed by atoms with van der Waals surface area (Å²) in [6.45, 7) is 6.38. The molecule has 3 rings (SSSR count). The van der Waals surface area contributed by atoms with Gasteiger partial charge in [0, 0.05) is 44.5 Å². The van der Waals surface area contributed by atoms with Crippen LogP contribution >= 0.6 is 11.8 Å². The Morgan fingerprint density at radius 1 is 1.15 bits per heavy atom. The van der Waals surface area contributed by atoms with E-state index in [1.54, 1.807) is 18.0 Å². The number of pyridine rings is 1. The Kier molecular flexibility index (Phi) is 6.86. The number of nitrogens with zero attached hydrogens (tertiary/aromatic N) is 3. The van der Waals surface area contributed by atoms with Crippen molar-refractivity contribution in [1.29, 1.82) is 0 Å². The summed E-state index contributed by atoms with van der Waals surface area (Å²) in [7, 11) is 0. The van der Waals surface area contributed by atoms with E-state index in [0.717, 1.165) is 49.1 Å². The summed E-state index contributed by atoms with van der Waals surface area (Å²) in [6.07, 6.45) is 6.08. The molecule has 26 heavy (non-hydrogen) atoms. The lowest BCUT2D eigenvalue weighted by molar-refractivity contribution is 0.0650. The van der Waals surface area contributed by atoms with Crippen LogP contribution in [0.2, 0.25) is 0 Å². The van der Waals surface area contributed by atoms with Gasteiger partial charge < -0.3 is 4.90 Å². The van der Waals surface area contributed by atoms with Crippen molar-refractivity contribution in [2.24, 2.45) is 0 Å². The minimum absolute atomic E-state index is 0.116. The van der Waals surface area contributed by atoms with Gasteiger partial charge in [-0.25, -0.2) is 4.98 Å². The van der Waals surface area contributed by atoms with Crippen molar-refractivity contribution in [2.75, 3.05) is 38.5 Å². The van der Waals surface area contributed by atoms with Gasteiger partial charge in [0.1, 0.15) is 0 Å². The summed E-state index contributed by atoms with van der Waals surface area (Å²) in [5.74, 6) is 1.07. The number of carbonyl (C=O) groups excluding carboxylic acids is 1. The summed E-state index contributed by atoms with van der Waals surface area (Å²) in [6, 6.07) is 14.1. The van der Waals surface area contributed by atoms with Crippen LogP contribution in [0.4, 0.5) is 0 Å². The fourth-order valence-electron chi connectivity index (χ4n) is 2.99. The van der Waals surface area contributed by atoms with Crippen LogP contribution in [0.1, 0.15) is 22.8 Å². The van der Waals surface area contributed by atoms with E-state index in [4.69, 9.17) is 0 Å². The number of hydrogen-bond acceptors (Lipinski definition) is 4. The molecule has 1 saturated heterocycles. The maximum absolute atomic E-state index is 12.7. The molecule has 0 aliphatic carbocycles. The molecule has 0 radical (unpaired) electrons. The molecule has 1 aromatic carbocycles. The number of rotatable bonds is 6. The van der Waals surface area contributed by atoms with Gasteiger partial charge in [0.25, 0.3) is 5.91 Å². The van der Waals surface area contributed by atoms with Gasteiger partial charge in [-0.3, -0.25) is 9.69 Å². The van der Waals surface area contributed by atoms with Gasteiger partial charge in [-0.2, -0.15) is 0 Å². The van der Waals surface area contributed by atoms with E-state index < -0.39 is 0 Å². The van der Waals surface area contributed by atoms with Gasteiger partial charge in [-0.15, -0.1) is 11.8 Å². The summed E-state index contributed by atoms with van der Waals surface area (Å²) in [5, 5.41) is 0.919. The normalized spacial score (nSPS) is 15.5. The van der Waals surface area contributed by atoms with E-state index in [0.29, 0.717) is 0 Å². The van der Waals surface area contributed by atoms with Crippen molar-refractivity contribution in [2.45, 2.75) is 11.9 Å². The second-order valence-electron chi connectivity index (χ2n) is 6.22. The molecule has 0 atom stereocenters. The quantitative estimate of drug-likeness (QED) is 0.730. The van der Waals surface area contributed by atoms with Gasteiger partial charge in [0.05, 0.1) is 5.03 Å². The van der Waals surface area contributed by atoms with Gasteiger partial charge in [0.2, 0.25) is 0 Å². The molecule has 0 saturated carbocycles. The number of aromatic nitrogens is 1. The first-order valence-electron chi connectivity index (χ1n) is 9.08. The number of piperazine rings is 1. The molecule has 1 amide bonds. The van der Waals surface area contributed by atoms with Crippen LogP contribution in [0.25, 0.3) is 6.08 Å². The smallest absolute Gasteiger partial charge is 0.254 e. The molecule has 1 aliphatic heterocycles. The van der Waals surface area contributed by atoms with E-state index in [2.05, 4.69) is 41.1 Å². The van der Waals surface area contributed by atoms with Gasteiger partial charge >= 0.3 is 0 Å². The third-order valence-corrected chi connectivity index (χ3v) is 5.21. The molecular weight excluding hydrogens is 342 g/mol. The first-order valence-corrected chi connectivity index (χ1v) is 10.1. The van der Waals surface area contributed by atoms with Crippen molar-refractivity contribution < 1.29 is 4.79 Å². The van der Waals surface area contributed by atoms with E-state index >= 15 is 0 Å². The molecule has 0 spiro atoms. The third-order valence-electron chi connectivity index (χ3n) is 4.41. The summed E-state index contributed by atoms with van der Waals surface area (Å²) < 4.78 is 0. The molecule has 0 bridgehead atoms. The zero-order valence-corrected chi connectivity index (χ0v) is 16.0. The average molecular weight is 368 g/mol. The predicted octanol–water partition coefficient (Wildman–Crippen LogP) is 3.66. The van der Waals surface area contributed by atoms with Crippen LogP contribution in [-0.2, 0) is 0 Å². The van der Waals surface area contributed by atoms with Gasteiger partial charge in [0.15, 0.2) is 0 Å². The van der Waals surface area contributed by atoms with Crippen LogP contribution < -0.4 is 0 Å². The topological polar surface area (TPSA) is 36.4 Å². The molecule has 1 fully saturated rings. The zero-order chi connectivity index (χ0) is 18.2. The summed E-state index contributed by atoms with van der Waals surface area (Å²) in [5.41, 5.74) is 1.97. The van der Waals surface area contributed by atoms with Crippen LogP contribution in [0.3, 0.4) is 0 Å². The molecule has 1 aromatic heterocycles. The molecule has 1 aliphatic rings. The van der Waals surface area contributed by atoms with Crippen molar-refractivity contribution in [1.82, 2.24) is 14.8 Å². The maximum atomic E-state index is 12.7. The van der Waals surface area contributed by atoms with Gasteiger partial charge in [-0.05, 0) is 23.4 Å². The second kappa shape index (κ2) is 9.55. The van der Waals surface area contributed by atoms with Gasteiger partial charge in [-0.1, -0.05) is 49.4 Å². The number of amides is 1. The standard InChI is InChI=1S/C21H25N3OS/c1-2-26-20-17-19(10-11-22-20)21(25)24-15-13-23(14-16-24)12-6-9-18-7-4-3-5-8-18/h3-11,17H,2,12-16H2,1H3/b9-6+. The molecule has 4 nitrogen and oxygen atoms in total. The third kappa shape index (κ3) is 5.19. The van der Waals surface area contributed by atoms with Crippen LogP contribution in [0, 0.1) is 0 Å². The summed E-state index contributed by atoms with van der Waals surface area (Å²) in [4.78, 5) is 21.4. The lowest BCUT2D eigenvalue weighted by Crippen LogP contribution is -2.48. The molecule has 0 N–H and O–H groups in total. The van der Waals surface area contributed by atoms with Crippen molar-refractivity contribution in [3.05, 3.63) is 65.9 Å². The van der Waals surface area contributed by atoms with Crippen LogP contribution in [-0.4, -0.2) is 59.2 Å². The van der Waals surface area contributed by atoms with Crippen molar-refractivity contribution in [3.63, 3.8) is 0 Å². The largest absolute Gasteiger partial charge is 0.336 e. The second-order valence-corrected chi connectivity index (χ2v) is 7.51. The number of carbonyl (C=O) groups is 1. The number of hydrogen-bond donors (Lipinski definition) is 0. The molecular formula is C21H25N3OS. The van der Waals surface area contributed by atoms with E-state index in [1.165, 1.54) is 5.56 Å². The molecule has 2 heterocycles. The Balaban J connectivity index is 1.49. The Morgan fingerprint density at radius 2 is 1.92 bits per heavy atom. The highest BCUT2D eigenvalue weighted by atomic mass is 32.2. The number of benzene rings is 1. The van der Waals surface area contributed by atoms with Crippen LogP contribution in [0.5, 0.6) is 0 Å². The predicted molar refractivity (Wildman–Crippen MR) is 108 cm³/mol. The molecule has 2 aromatic rings. The Morgan fingerprint density at radius 3 is 2.65 bits per heavy atom. The highest BCUT2D eigenvalue weighted by Crippen LogP contribution is 2.17. The Labute approximate surface area is 159 Å². The zero-order valence-electron chi connectivity index (χ0n) is 15.2. The Bertz CT molecular complexity index is 740. The first kappa shape index (κ1) is 18.7. The monoisotopic (exact) mass is 367 g/mol. The van der Waals surface area contributed by atoms with Crippen LogP contribution in [0.15, 0.2) is 59.8 Å². The van der Waals surface area contributed by atoms with Crippen molar-refractivity contribution in [3.8, 4) is 0 Å². The molecule has 0 unspecified atom stereocenters. The van der Waals surface area contributed by atoms with E-state index in [1.807, 2.05) is 35.2 Å². The number of thioether (sulfide) groups is 1. The average Bonchev–Trinajstić information content (AvgIpc) is 2.69. The van der Waals surface area contributed by atoms with Crippen molar-refractivity contribution >= 4 is 23.7 Å².